The van der Waals surface area contributed by atoms with E-state index in [4.69, 9.17) is 4.74 Å². The van der Waals surface area contributed by atoms with Gasteiger partial charge in [-0.2, -0.15) is 13.2 Å². The number of benzene rings is 1. The number of hydrogen-bond acceptors (Lipinski definition) is 4. The molecule has 0 radical (unpaired) electrons. The van der Waals surface area contributed by atoms with Crippen molar-refractivity contribution >= 4 is 11.8 Å². The second-order valence-electron chi connectivity index (χ2n) is 5.41. The largest absolute Gasteiger partial charge is 0.481 e. The SMILES string of the molecule is Cc1cccc(OC(C)C(=O)NNC(=O)CCOCC(F)(F)F)c1C. The second kappa shape index (κ2) is 9.26. The molecule has 2 N–H and O–H groups in total. The van der Waals surface area contributed by atoms with E-state index in [1.807, 2.05) is 19.9 Å². The molecule has 1 rings (SSSR count). The summed E-state index contributed by atoms with van der Waals surface area (Å²) >= 11 is 0. The predicted octanol–water partition coefficient (Wildman–Crippen LogP) is 2.19. The Hall–Kier alpha value is -2.29. The highest BCUT2D eigenvalue weighted by Gasteiger charge is 2.27. The first-order chi connectivity index (χ1) is 11.6. The number of nitrogens with one attached hydrogen (secondary N) is 2. The molecule has 6 nitrogen and oxygen atoms in total. The maximum Gasteiger partial charge on any atom is 0.411 e. The van der Waals surface area contributed by atoms with Crippen molar-refractivity contribution in [3.8, 4) is 5.75 Å². The maximum absolute atomic E-state index is 11.9. The lowest BCUT2D eigenvalue weighted by Gasteiger charge is -2.17. The van der Waals surface area contributed by atoms with Crippen LogP contribution in [0.3, 0.4) is 0 Å². The summed E-state index contributed by atoms with van der Waals surface area (Å²) < 4.78 is 45.4. The van der Waals surface area contributed by atoms with Crippen LogP contribution in [0.1, 0.15) is 24.5 Å². The van der Waals surface area contributed by atoms with Gasteiger partial charge in [-0.25, -0.2) is 0 Å². The molecule has 0 heterocycles. The van der Waals surface area contributed by atoms with Gasteiger partial charge in [0.05, 0.1) is 13.0 Å². The van der Waals surface area contributed by atoms with Gasteiger partial charge in [0.15, 0.2) is 6.10 Å². The van der Waals surface area contributed by atoms with E-state index in [-0.39, 0.29) is 6.42 Å². The van der Waals surface area contributed by atoms with Crippen LogP contribution in [0.4, 0.5) is 13.2 Å². The van der Waals surface area contributed by atoms with Crippen molar-refractivity contribution in [2.24, 2.45) is 0 Å². The van der Waals surface area contributed by atoms with E-state index in [2.05, 4.69) is 15.6 Å². The average Bonchev–Trinajstić information content (AvgIpc) is 2.52. The molecule has 2 amide bonds. The van der Waals surface area contributed by atoms with Crippen molar-refractivity contribution in [2.75, 3.05) is 13.2 Å². The summed E-state index contributed by atoms with van der Waals surface area (Å²) in [5.41, 5.74) is 6.15. The zero-order valence-electron chi connectivity index (χ0n) is 14.2. The van der Waals surface area contributed by atoms with Gasteiger partial charge in [-0.3, -0.25) is 20.4 Å². The molecule has 0 fully saturated rings. The van der Waals surface area contributed by atoms with Gasteiger partial charge in [0.2, 0.25) is 5.91 Å². The number of carbonyl (C=O) groups excluding carboxylic acids is 2. The number of ether oxygens (including phenoxy) is 2. The van der Waals surface area contributed by atoms with Gasteiger partial charge >= 0.3 is 6.18 Å². The maximum atomic E-state index is 11.9. The topological polar surface area (TPSA) is 76.7 Å². The third-order valence-corrected chi connectivity index (χ3v) is 3.29. The summed E-state index contributed by atoms with van der Waals surface area (Å²) in [7, 11) is 0. The summed E-state index contributed by atoms with van der Waals surface area (Å²) in [5.74, 6) is -0.713. The van der Waals surface area contributed by atoms with Gasteiger partial charge in [-0.05, 0) is 38.0 Å². The van der Waals surface area contributed by atoms with E-state index in [9.17, 15) is 22.8 Å². The minimum atomic E-state index is -4.44. The highest BCUT2D eigenvalue weighted by Crippen LogP contribution is 2.21. The number of carbonyl (C=O) groups is 2. The van der Waals surface area contributed by atoms with Gasteiger partial charge in [0.25, 0.3) is 5.91 Å². The minimum absolute atomic E-state index is 0.317. The monoisotopic (exact) mass is 362 g/mol. The molecule has 140 valence electrons. The van der Waals surface area contributed by atoms with Gasteiger partial charge in [-0.1, -0.05) is 12.1 Å². The molecule has 1 aromatic rings. The summed E-state index contributed by atoms with van der Waals surface area (Å²) in [6.07, 6.45) is -5.63. The molecule has 0 aliphatic rings. The molecule has 0 aromatic heterocycles. The zero-order valence-corrected chi connectivity index (χ0v) is 14.2. The number of hydrogen-bond donors (Lipinski definition) is 2. The Kier molecular flexibility index (Phi) is 7.69. The zero-order chi connectivity index (χ0) is 19.0. The highest BCUT2D eigenvalue weighted by atomic mass is 19.4. The summed E-state index contributed by atoms with van der Waals surface area (Å²) in [5, 5.41) is 0. The van der Waals surface area contributed by atoms with Crippen LogP contribution in [0.15, 0.2) is 18.2 Å². The van der Waals surface area contributed by atoms with Crippen molar-refractivity contribution in [3.05, 3.63) is 29.3 Å². The van der Waals surface area contributed by atoms with Gasteiger partial charge < -0.3 is 9.47 Å². The molecular weight excluding hydrogens is 341 g/mol. The van der Waals surface area contributed by atoms with Gasteiger partial charge in [-0.15, -0.1) is 0 Å². The Balaban J connectivity index is 2.33. The van der Waals surface area contributed by atoms with Crippen LogP contribution in [0.25, 0.3) is 0 Å². The standard InChI is InChI=1S/C16H21F3N2O4/c1-10-5-4-6-13(11(10)2)25-12(3)15(23)21-20-14(22)7-8-24-9-16(17,18)19/h4-6,12H,7-9H2,1-3H3,(H,20,22)(H,21,23). The number of amides is 2. The molecule has 0 saturated heterocycles. The van der Waals surface area contributed by atoms with E-state index in [1.165, 1.54) is 6.92 Å². The molecule has 0 saturated carbocycles. The first-order valence-corrected chi connectivity index (χ1v) is 7.56. The van der Waals surface area contributed by atoms with Crippen molar-refractivity contribution in [3.63, 3.8) is 0 Å². The van der Waals surface area contributed by atoms with Crippen molar-refractivity contribution in [1.82, 2.24) is 10.9 Å². The normalized spacial score (nSPS) is 12.4. The van der Waals surface area contributed by atoms with E-state index in [0.717, 1.165) is 11.1 Å². The van der Waals surface area contributed by atoms with Crippen molar-refractivity contribution in [1.29, 1.82) is 0 Å². The Morgan fingerprint density at radius 1 is 1.20 bits per heavy atom. The van der Waals surface area contributed by atoms with Crippen LogP contribution in [-0.2, 0) is 14.3 Å². The number of alkyl halides is 3. The smallest absolute Gasteiger partial charge is 0.411 e. The predicted molar refractivity (Wildman–Crippen MR) is 83.8 cm³/mol. The number of halogens is 3. The number of hydrazine groups is 1. The molecule has 0 spiro atoms. The second-order valence-corrected chi connectivity index (χ2v) is 5.41. The van der Waals surface area contributed by atoms with Gasteiger partial charge in [0, 0.05) is 0 Å². The molecule has 1 unspecified atom stereocenters. The fourth-order valence-electron chi connectivity index (χ4n) is 1.74. The van der Waals surface area contributed by atoms with E-state index >= 15 is 0 Å². The average molecular weight is 362 g/mol. The fraction of sp³-hybridized carbons (Fsp3) is 0.500. The molecule has 1 aromatic carbocycles. The number of aryl methyl sites for hydroxylation is 1. The lowest BCUT2D eigenvalue weighted by molar-refractivity contribution is -0.174. The number of rotatable bonds is 7. The van der Waals surface area contributed by atoms with E-state index < -0.39 is 37.3 Å². The van der Waals surface area contributed by atoms with Gasteiger partial charge in [0.1, 0.15) is 12.4 Å². The molecule has 1 atom stereocenters. The molecule has 9 heteroatoms. The van der Waals surface area contributed by atoms with Crippen LogP contribution in [0.5, 0.6) is 5.75 Å². The molecule has 0 bridgehead atoms. The summed E-state index contributed by atoms with van der Waals surface area (Å²) in [6.45, 7) is 3.45. The van der Waals surface area contributed by atoms with Crippen LogP contribution >= 0.6 is 0 Å². The summed E-state index contributed by atoms with van der Waals surface area (Å²) in [6, 6.07) is 5.43. The van der Waals surface area contributed by atoms with Crippen LogP contribution in [0.2, 0.25) is 0 Å². The summed E-state index contributed by atoms with van der Waals surface area (Å²) in [4.78, 5) is 23.3. The van der Waals surface area contributed by atoms with Crippen molar-refractivity contribution < 1.29 is 32.2 Å². The van der Waals surface area contributed by atoms with Crippen LogP contribution in [-0.4, -0.2) is 37.3 Å². The molecule has 25 heavy (non-hydrogen) atoms. The fourth-order valence-corrected chi connectivity index (χ4v) is 1.74. The van der Waals surface area contributed by atoms with Crippen LogP contribution < -0.4 is 15.6 Å². The third-order valence-electron chi connectivity index (χ3n) is 3.29. The Bertz CT molecular complexity index is 606. The van der Waals surface area contributed by atoms with E-state index in [0.29, 0.717) is 5.75 Å². The molecule has 0 aliphatic heterocycles. The minimum Gasteiger partial charge on any atom is -0.481 e. The Morgan fingerprint density at radius 2 is 1.88 bits per heavy atom. The Morgan fingerprint density at radius 3 is 2.52 bits per heavy atom. The first kappa shape index (κ1) is 20.8. The Labute approximate surface area is 143 Å². The van der Waals surface area contributed by atoms with E-state index in [1.54, 1.807) is 12.1 Å². The highest BCUT2D eigenvalue weighted by molar-refractivity contribution is 5.84. The molecular formula is C16H21F3N2O4. The quantitative estimate of drug-likeness (QED) is 0.576. The van der Waals surface area contributed by atoms with Crippen molar-refractivity contribution in [2.45, 2.75) is 39.5 Å². The third kappa shape index (κ3) is 7.88. The lowest BCUT2D eigenvalue weighted by atomic mass is 10.1. The lowest BCUT2D eigenvalue weighted by Crippen LogP contribution is -2.47. The molecule has 0 aliphatic carbocycles. The first-order valence-electron chi connectivity index (χ1n) is 7.56. The van der Waals surface area contributed by atoms with Crippen LogP contribution in [0, 0.1) is 13.8 Å².